The molecule has 0 spiro atoms. The molecule has 3 heteroatoms. The second-order valence-electron chi connectivity index (χ2n) is 3.41. The van der Waals surface area contributed by atoms with E-state index in [0.29, 0.717) is 0 Å². The van der Waals surface area contributed by atoms with E-state index in [1.54, 1.807) is 13.3 Å². The van der Waals surface area contributed by atoms with E-state index in [-0.39, 0.29) is 6.61 Å². The van der Waals surface area contributed by atoms with Crippen molar-refractivity contribution in [2.75, 3.05) is 7.11 Å². The number of nitrogens with zero attached hydrogens (tertiary/aromatic N) is 1. The molecule has 0 fully saturated rings. The van der Waals surface area contributed by atoms with Crippen molar-refractivity contribution < 1.29 is 9.84 Å². The molecule has 0 radical (unpaired) electrons. The molecule has 2 aromatic rings. The summed E-state index contributed by atoms with van der Waals surface area (Å²) in [6.45, 7) is 0.0552. The van der Waals surface area contributed by atoms with Gasteiger partial charge in [0.2, 0.25) is 0 Å². The van der Waals surface area contributed by atoms with E-state index >= 15 is 0 Å². The van der Waals surface area contributed by atoms with E-state index in [9.17, 15) is 0 Å². The zero-order valence-corrected chi connectivity index (χ0v) is 9.05. The maximum atomic E-state index is 8.96. The molecule has 2 rings (SSSR count). The Hall–Kier alpha value is -1.87. The summed E-state index contributed by atoms with van der Waals surface area (Å²) >= 11 is 0. The van der Waals surface area contributed by atoms with Crippen LogP contribution in [0.2, 0.25) is 0 Å². The lowest BCUT2D eigenvalue weighted by Gasteiger charge is -2.07. The number of methoxy groups -OCH3 is 1. The highest BCUT2D eigenvalue weighted by Crippen LogP contribution is 2.27. The first-order chi connectivity index (χ1) is 7.85. The Bertz CT molecular complexity index is 466. The van der Waals surface area contributed by atoms with Gasteiger partial charge in [-0.05, 0) is 17.7 Å². The molecular weight excluding hydrogens is 202 g/mol. The minimum atomic E-state index is 0.0552. The Balaban J connectivity index is 2.42. The van der Waals surface area contributed by atoms with Crippen LogP contribution in [0.3, 0.4) is 0 Å². The number of aromatic nitrogens is 1. The molecule has 0 aliphatic rings. The number of pyridine rings is 1. The van der Waals surface area contributed by atoms with Crippen molar-refractivity contribution >= 4 is 0 Å². The van der Waals surface area contributed by atoms with Crippen LogP contribution in [-0.4, -0.2) is 17.2 Å². The molecule has 82 valence electrons. The average Bonchev–Trinajstić information content (AvgIpc) is 2.39. The molecule has 0 aliphatic heterocycles. The number of hydrogen-bond acceptors (Lipinski definition) is 3. The van der Waals surface area contributed by atoms with E-state index in [1.165, 1.54) is 0 Å². The van der Waals surface area contributed by atoms with Crippen LogP contribution in [0, 0.1) is 0 Å². The Morgan fingerprint density at radius 1 is 1.19 bits per heavy atom. The molecule has 0 amide bonds. The highest BCUT2D eigenvalue weighted by atomic mass is 16.5. The maximum absolute atomic E-state index is 8.96. The first kappa shape index (κ1) is 10.6. The molecule has 0 saturated carbocycles. The Morgan fingerprint density at radius 2 is 1.94 bits per heavy atom. The molecule has 1 heterocycles. The average molecular weight is 215 g/mol. The summed E-state index contributed by atoms with van der Waals surface area (Å²) in [5.41, 5.74) is 2.68. The van der Waals surface area contributed by atoms with E-state index in [2.05, 4.69) is 4.98 Å². The van der Waals surface area contributed by atoms with Crippen molar-refractivity contribution in [3.63, 3.8) is 0 Å². The van der Waals surface area contributed by atoms with Crippen molar-refractivity contribution in [2.24, 2.45) is 0 Å². The Labute approximate surface area is 94.3 Å². The summed E-state index contributed by atoms with van der Waals surface area (Å²) in [6.07, 6.45) is 1.73. The van der Waals surface area contributed by atoms with Gasteiger partial charge in [0.25, 0.3) is 0 Å². The molecule has 1 aromatic carbocycles. The second kappa shape index (κ2) is 4.77. The van der Waals surface area contributed by atoms with Gasteiger partial charge >= 0.3 is 0 Å². The van der Waals surface area contributed by atoms with Gasteiger partial charge < -0.3 is 9.84 Å². The monoisotopic (exact) mass is 215 g/mol. The van der Waals surface area contributed by atoms with Crippen LogP contribution < -0.4 is 4.74 Å². The van der Waals surface area contributed by atoms with Crippen molar-refractivity contribution in [3.05, 3.63) is 48.2 Å². The molecule has 0 saturated heterocycles. The molecule has 1 aromatic heterocycles. The summed E-state index contributed by atoms with van der Waals surface area (Å²) < 4.78 is 5.24. The third kappa shape index (κ3) is 2.04. The van der Waals surface area contributed by atoms with Gasteiger partial charge in [0.15, 0.2) is 0 Å². The van der Waals surface area contributed by atoms with Gasteiger partial charge in [0, 0.05) is 11.8 Å². The molecule has 1 N–H and O–H groups in total. The fourth-order valence-electron chi connectivity index (χ4n) is 1.54. The number of rotatable bonds is 3. The van der Waals surface area contributed by atoms with Crippen molar-refractivity contribution in [1.29, 1.82) is 0 Å². The molecular formula is C13H13NO2. The third-order valence-corrected chi connectivity index (χ3v) is 2.40. The van der Waals surface area contributed by atoms with E-state index in [1.807, 2.05) is 36.4 Å². The lowest BCUT2D eigenvalue weighted by molar-refractivity contribution is 0.282. The summed E-state index contributed by atoms with van der Waals surface area (Å²) in [4.78, 5) is 4.29. The van der Waals surface area contributed by atoms with E-state index < -0.39 is 0 Å². The smallest absolute Gasteiger partial charge is 0.145 e. The number of hydrogen-bond donors (Lipinski definition) is 1. The van der Waals surface area contributed by atoms with Crippen LogP contribution in [0.5, 0.6) is 5.75 Å². The highest BCUT2D eigenvalue weighted by Gasteiger charge is 2.05. The van der Waals surface area contributed by atoms with Crippen molar-refractivity contribution in [2.45, 2.75) is 6.61 Å². The van der Waals surface area contributed by atoms with Crippen LogP contribution >= 0.6 is 0 Å². The van der Waals surface area contributed by atoms with Gasteiger partial charge in [-0.3, -0.25) is 4.98 Å². The first-order valence-electron chi connectivity index (χ1n) is 5.04. The normalized spacial score (nSPS) is 10.1. The van der Waals surface area contributed by atoms with Crippen LogP contribution in [0.15, 0.2) is 42.6 Å². The number of benzene rings is 1. The maximum Gasteiger partial charge on any atom is 0.145 e. The largest absolute Gasteiger partial charge is 0.494 e. The third-order valence-electron chi connectivity index (χ3n) is 2.40. The predicted octanol–water partition coefficient (Wildman–Crippen LogP) is 2.25. The summed E-state index contributed by atoms with van der Waals surface area (Å²) in [5, 5.41) is 8.96. The molecule has 3 nitrogen and oxygen atoms in total. The van der Waals surface area contributed by atoms with Gasteiger partial charge in [0.1, 0.15) is 11.4 Å². The SMILES string of the molecule is COc1cccnc1-c1ccc(CO)cc1. The van der Waals surface area contributed by atoms with Gasteiger partial charge in [-0.25, -0.2) is 0 Å². The quantitative estimate of drug-likeness (QED) is 0.853. The molecule has 0 atom stereocenters. The summed E-state index contributed by atoms with van der Waals surface area (Å²) in [7, 11) is 1.63. The van der Waals surface area contributed by atoms with Crippen molar-refractivity contribution in [3.8, 4) is 17.0 Å². The topological polar surface area (TPSA) is 42.4 Å². The second-order valence-corrected chi connectivity index (χ2v) is 3.41. The standard InChI is InChI=1S/C13H13NO2/c1-16-12-3-2-8-14-13(12)11-6-4-10(9-15)5-7-11/h2-8,15H,9H2,1H3. The fraction of sp³-hybridized carbons (Fsp3) is 0.154. The summed E-state index contributed by atoms with van der Waals surface area (Å²) in [5.74, 6) is 0.749. The van der Waals surface area contributed by atoms with Gasteiger partial charge in [0.05, 0.1) is 13.7 Å². The number of aliphatic hydroxyl groups excluding tert-OH is 1. The minimum Gasteiger partial charge on any atom is -0.494 e. The number of ether oxygens (including phenoxy) is 1. The van der Waals surface area contributed by atoms with Crippen LogP contribution in [0.4, 0.5) is 0 Å². The molecule has 0 unspecified atom stereocenters. The van der Waals surface area contributed by atoms with Crippen molar-refractivity contribution in [1.82, 2.24) is 4.98 Å². The lowest BCUT2D eigenvalue weighted by atomic mass is 10.1. The Kier molecular flexibility index (Phi) is 3.17. The predicted molar refractivity (Wildman–Crippen MR) is 62.1 cm³/mol. The van der Waals surface area contributed by atoms with Gasteiger partial charge in [-0.15, -0.1) is 0 Å². The Morgan fingerprint density at radius 3 is 2.56 bits per heavy atom. The van der Waals surface area contributed by atoms with Crippen LogP contribution in [0.1, 0.15) is 5.56 Å². The molecule has 0 bridgehead atoms. The highest BCUT2D eigenvalue weighted by molar-refractivity contribution is 5.66. The van der Waals surface area contributed by atoms with Gasteiger partial charge in [-0.2, -0.15) is 0 Å². The zero-order chi connectivity index (χ0) is 11.4. The van der Waals surface area contributed by atoms with Gasteiger partial charge in [-0.1, -0.05) is 24.3 Å². The number of aliphatic hydroxyl groups is 1. The van der Waals surface area contributed by atoms with E-state index in [4.69, 9.17) is 9.84 Å². The lowest BCUT2D eigenvalue weighted by Crippen LogP contribution is -1.91. The zero-order valence-electron chi connectivity index (χ0n) is 9.05. The van der Waals surface area contributed by atoms with E-state index in [0.717, 1.165) is 22.6 Å². The minimum absolute atomic E-state index is 0.0552. The fourth-order valence-corrected chi connectivity index (χ4v) is 1.54. The summed E-state index contributed by atoms with van der Waals surface area (Å²) in [6, 6.07) is 11.3. The van der Waals surface area contributed by atoms with Crippen LogP contribution in [-0.2, 0) is 6.61 Å². The molecule has 16 heavy (non-hydrogen) atoms. The first-order valence-corrected chi connectivity index (χ1v) is 5.04. The van der Waals surface area contributed by atoms with Crippen LogP contribution in [0.25, 0.3) is 11.3 Å². The molecule has 0 aliphatic carbocycles.